The lowest BCUT2D eigenvalue weighted by molar-refractivity contribution is -0.118. The zero-order valence-corrected chi connectivity index (χ0v) is 14.9. The number of thioether (sulfide) groups is 1. The predicted octanol–water partition coefficient (Wildman–Crippen LogP) is 3.01. The molecular weight excluding hydrogens is 350 g/mol. The van der Waals surface area contributed by atoms with E-state index in [-0.39, 0.29) is 17.6 Å². The van der Waals surface area contributed by atoms with Gasteiger partial charge in [0.1, 0.15) is 5.76 Å². The Morgan fingerprint density at radius 3 is 2.79 bits per heavy atom. The lowest BCUT2D eigenvalue weighted by Crippen LogP contribution is -2.28. The van der Waals surface area contributed by atoms with Crippen molar-refractivity contribution in [3.8, 4) is 0 Å². The number of nitrogens with zero attached hydrogens (tertiary/aromatic N) is 1. The van der Waals surface area contributed by atoms with Crippen molar-refractivity contribution in [3.05, 3.63) is 46.7 Å². The van der Waals surface area contributed by atoms with Crippen LogP contribution < -0.4 is 10.6 Å². The van der Waals surface area contributed by atoms with E-state index in [1.807, 2.05) is 18.2 Å². The summed E-state index contributed by atoms with van der Waals surface area (Å²) < 4.78 is 4.88. The van der Waals surface area contributed by atoms with E-state index in [1.165, 1.54) is 11.8 Å². The molecule has 6 nitrogen and oxygen atoms in total. The number of halogens is 1. The first-order valence-corrected chi connectivity index (χ1v) is 8.74. The lowest BCUT2D eigenvalue weighted by Gasteiger charge is -2.11. The van der Waals surface area contributed by atoms with E-state index in [4.69, 9.17) is 16.1 Å². The Labute approximate surface area is 149 Å². The fraction of sp³-hybridized carbons (Fsp3) is 0.312. The van der Waals surface area contributed by atoms with Gasteiger partial charge in [0.25, 0.3) is 0 Å². The SMILES string of the molecule is Cc1cc(NC(=O)[C@@H](C)SCC(=O)NCc2ccccc2Cl)no1. The highest BCUT2D eigenvalue weighted by Gasteiger charge is 2.16. The number of carbonyl (C=O) groups is 2. The van der Waals surface area contributed by atoms with Gasteiger partial charge in [0.2, 0.25) is 11.8 Å². The molecule has 8 heteroatoms. The van der Waals surface area contributed by atoms with E-state index in [0.29, 0.717) is 23.1 Å². The van der Waals surface area contributed by atoms with Gasteiger partial charge in [-0.1, -0.05) is 35.0 Å². The van der Waals surface area contributed by atoms with E-state index in [9.17, 15) is 9.59 Å². The molecule has 1 atom stereocenters. The van der Waals surface area contributed by atoms with E-state index in [2.05, 4.69) is 15.8 Å². The number of amides is 2. The lowest BCUT2D eigenvalue weighted by atomic mass is 10.2. The fourth-order valence-corrected chi connectivity index (χ4v) is 2.73. The van der Waals surface area contributed by atoms with Gasteiger partial charge >= 0.3 is 0 Å². The molecule has 1 heterocycles. The van der Waals surface area contributed by atoms with Crippen molar-refractivity contribution in [1.29, 1.82) is 0 Å². The summed E-state index contributed by atoms with van der Waals surface area (Å²) in [5.41, 5.74) is 0.852. The molecule has 0 saturated carbocycles. The van der Waals surface area contributed by atoms with Crippen LogP contribution in [-0.4, -0.2) is 28.0 Å². The average molecular weight is 368 g/mol. The third-order valence-electron chi connectivity index (χ3n) is 3.15. The Balaban J connectivity index is 1.72. The zero-order chi connectivity index (χ0) is 17.5. The van der Waals surface area contributed by atoms with E-state index in [0.717, 1.165) is 5.56 Å². The molecule has 0 aliphatic carbocycles. The van der Waals surface area contributed by atoms with Crippen LogP contribution in [0.3, 0.4) is 0 Å². The van der Waals surface area contributed by atoms with Crippen molar-refractivity contribution < 1.29 is 14.1 Å². The summed E-state index contributed by atoms with van der Waals surface area (Å²) in [6, 6.07) is 8.95. The largest absolute Gasteiger partial charge is 0.360 e. The Hall–Kier alpha value is -1.99. The number of nitrogens with one attached hydrogen (secondary N) is 2. The molecule has 2 amide bonds. The van der Waals surface area contributed by atoms with E-state index >= 15 is 0 Å². The molecule has 0 bridgehead atoms. The van der Waals surface area contributed by atoms with Crippen molar-refractivity contribution in [2.75, 3.05) is 11.1 Å². The number of aromatic nitrogens is 1. The Kier molecular flexibility index (Phi) is 6.69. The molecular formula is C16H18ClN3O3S. The molecule has 2 rings (SSSR count). The van der Waals surface area contributed by atoms with Crippen LogP contribution in [-0.2, 0) is 16.1 Å². The van der Waals surface area contributed by atoms with Gasteiger partial charge in [-0.05, 0) is 25.5 Å². The summed E-state index contributed by atoms with van der Waals surface area (Å²) in [5.74, 6) is 0.776. The molecule has 2 aromatic rings. The van der Waals surface area contributed by atoms with Gasteiger partial charge < -0.3 is 15.2 Å². The van der Waals surface area contributed by atoms with Gasteiger partial charge in [-0.2, -0.15) is 0 Å². The van der Waals surface area contributed by atoms with E-state index < -0.39 is 5.25 Å². The number of hydrogen-bond acceptors (Lipinski definition) is 5. The molecule has 1 aromatic heterocycles. The highest BCUT2D eigenvalue weighted by atomic mass is 35.5. The highest BCUT2D eigenvalue weighted by Crippen LogP contribution is 2.16. The second-order valence-corrected chi connectivity index (χ2v) is 6.87. The second-order valence-electron chi connectivity index (χ2n) is 5.13. The monoisotopic (exact) mass is 367 g/mol. The smallest absolute Gasteiger partial charge is 0.238 e. The minimum atomic E-state index is -0.395. The van der Waals surface area contributed by atoms with Crippen molar-refractivity contribution in [2.45, 2.75) is 25.6 Å². The molecule has 2 N–H and O–H groups in total. The van der Waals surface area contributed by atoms with Gasteiger partial charge in [-0.3, -0.25) is 9.59 Å². The molecule has 24 heavy (non-hydrogen) atoms. The van der Waals surface area contributed by atoms with Crippen LogP contribution in [0, 0.1) is 6.92 Å². The van der Waals surface area contributed by atoms with Crippen LogP contribution in [0.5, 0.6) is 0 Å². The van der Waals surface area contributed by atoms with Crippen LogP contribution in [0.1, 0.15) is 18.2 Å². The first-order valence-electron chi connectivity index (χ1n) is 7.31. The minimum absolute atomic E-state index is 0.156. The topological polar surface area (TPSA) is 84.2 Å². The summed E-state index contributed by atoms with van der Waals surface area (Å²) in [6.07, 6.45) is 0. The van der Waals surface area contributed by atoms with Gasteiger partial charge in [0.15, 0.2) is 5.82 Å². The van der Waals surface area contributed by atoms with E-state index in [1.54, 1.807) is 26.0 Å². The Morgan fingerprint density at radius 2 is 2.12 bits per heavy atom. The molecule has 128 valence electrons. The number of rotatable bonds is 7. The molecule has 0 spiro atoms. The molecule has 0 radical (unpaired) electrons. The number of benzene rings is 1. The number of aryl methyl sites for hydroxylation is 1. The molecule has 0 aliphatic rings. The molecule has 0 aliphatic heterocycles. The normalized spacial score (nSPS) is 11.8. The summed E-state index contributed by atoms with van der Waals surface area (Å²) in [5, 5.41) is 9.34. The highest BCUT2D eigenvalue weighted by molar-refractivity contribution is 8.01. The van der Waals surface area contributed by atoms with Crippen LogP contribution >= 0.6 is 23.4 Å². The standard InChI is InChI=1S/C16H18ClN3O3S/c1-10-7-14(20-23-10)19-16(22)11(2)24-9-15(21)18-8-12-5-3-4-6-13(12)17/h3-7,11H,8-9H2,1-2H3,(H,18,21)(H,19,20,22)/t11-/m1/s1. The third kappa shape index (κ3) is 5.58. The van der Waals surface area contributed by atoms with Crippen LogP contribution in [0.4, 0.5) is 5.82 Å². The van der Waals surface area contributed by atoms with Gasteiger partial charge in [-0.15, -0.1) is 11.8 Å². The summed E-state index contributed by atoms with van der Waals surface area (Å²) in [6.45, 7) is 3.83. The third-order valence-corrected chi connectivity index (χ3v) is 4.66. The van der Waals surface area contributed by atoms with Crippen LogP contribution in [0.15, 0.2) is 34.9 Å². The van der Waals surface area contributed by atoms with Crippen molar-refractivity contribution in [1.82, 2.24) is 10.5 Å². The molecule has 0 saturated heterocycles. The van der Waals surface area contributed by atoms with Crippen LogP contribution in [0.2, 0.25) is 5.02 Å². The van der Waals surface area contributed by atoms with Gasteiger partial charge in [0.05, 0.1) is 11.0 Å². The summed E-state index contributed by atoms with van der Waals surface area (Å²) in [4.78, 5) is 23.9. The van der Waals surface area contributed by atoms with Gasteiger partial charge in [0, 0.05) is 17.6 Å². The predicted molar refractivity (Wildman–Crippen MR) is 95.1 cm³/mol. The Bertz CT molecular complexity index is 720. The van der Waals surface area contributed by atoms with Gasteiger partial charge in [-0.25, -0.2) is 0 Å². The maximum atomic E-state index is 12.0. The second kappa shape index (κ2) is 8.75. The first-order chi connectivity index (χ1) is 11.5. The number of hydrogen-bond donors (Lipinski definition) is 2. The number of anilines is 1. The Morgan fingerprint density at radius 1 is 1.38 bits per heavy atom. The van der Waals surface area contributed by atoms with Crippen molar-refractivity contribution in [2.24, 2.45) is 0 Å². The molecule has 0 unspecified atom stereocenters. The minimum Gasteiger partial charge on any atom is -0.360 e. The maximum absolute atomic E-state index is 12.0. The summed E-state index contributed by atoms with van der Waals surface area (Å²) >= 11 is 7.28. The number of carbonyl (C=O) groups excluding carboxylic acids is 2. The summed E-state index contributed by atoms with van der Waals surface area (Å²) in [7, 11) is 0. The van der Waals surface area contributed by atoms with Crippen molar-refractivity contribution in [3.63, 3.8) is 0 Å². The molecule has 0 fully saturated rings. The maximum Gasteiger partial charge on any atom is 0.238 e. The van der Waals surface area contributed by atoms with Crippen LogP contribution in [0.25, 0.3) is 0 Å². The van der Waals surface area contributed by atoms with Crippen molar-refractivity contribution >= 4 is 41.0 Å². The molecule has 1 aromatic carbocycles. The zero-order valence-electron chi connectivity index (χ0n) is 13.3. The fourth-order valence-electron chi connectivity index (χ4n) is 1.82. The average Bonchev–Trinajstić information content (AvgIpc) is 2.96. The quantitative estimate of drug-likeness (QED) is 0.785. The first kappa shape index (κ1) is 18.4.